The van der Waals surface area contributed by atoms with Gasteiger partial charge in [0.25, 0.3) is 0 Å². The number of nitrogen functional groups attached to an aromatic ring is 1. The molecule has 0 aliphatic carbocycles. The fourth-order valence-corrected chi connectivity index (χ4v) is 2.33. The molecule has 0 spiro atoms. The Labute approximate surface area is 120 Å². The number of nitrogens with one attached hydrogen (secondary N) is 1. The molecule has 4 N–H and O–H groups in total. The number of fused-ring (bicyclic) bond motifs is 1. The van der Waals surface area contributed by atoms with Crippen LogP contribution in [0.1, 0.15) is 27.2 Å². The van der Waals surface area contributed by atoms with E-state index >= 15 is 0 Å². The molecule has 20 heavy (non-hydrogen) atoms. The molecule has 1 heterocycles. The molecule has 0 aliphatic heterocycles. The lowest BCUT2D eigenvalue weighted by Crippen LogP contribution is -2.25. The molecule has 2 rings (SSSR count). The van der Waals surface area contributed by atoms with Crippen molar-refractivity contribution in [2.45, 2.75) is 33.3 Å². The van der Waals surface area contributed by atoms with Crippen LogP contribution in [0.25, 0.3) is 10.9 Å². The van der Waals surface area contributed by atoms with E-state index in [2.05, 4.69) is 31.1 Å². The number of benzene rings is 1. The van der Waals surface area contributed by atoms with Gasteiger partial charge in [0.15, 0.2) is 0 Å². The smallest absolute Gasteiger partial charge is 0.0743 e. The first-order chi connectivity index (χ1) is 9.35. The molecule has 0 amide bonds. The van der Waals surface area contributed by atoms with E-state index in [4.69, 9.17) is 5.73 Å². The van der Waals surface area contributed by atoms with E-state index in [0.717, 1.165) is 23.0 Å². The van der Waals surface area contributed by atoms with E-state index in [-0.39, 0.29) is 11.5 Å². The molecule has 0 radical (unpaired) electrons. The number of hydrogen-bond donors (Lipinski definition) is 3. The van der Waals surface area contributed by atoms with Crippen molar-refractivity contribution in [2.24, 2.45) is 5.41 Å². The van der Waals surface area contributed by atoms with Crippen molar-refractivity contribution in [1.29, 1.82) is 0 Å². The van der Waals surface area contributed by atoms with E-state index in [0.29, 0.717) is 12.2 Å². The fraction of sp³-hybridized carbons (Fsp3) is 0.438. The monoisotopic (exact) mass is 273 g/mol. The Hall–Kier alpha value is -1.81. The van der Waals surface area contributed by atoms with E-state index < -0.39 is 0 Å². The normalized spacial score (nSPS) is 13.4. The van der Waals surface area contributed by atoms with Crippen LogP contribution in [-0.4, -0.2) is 22.7 Å². The topological polar surface area (TPSA) is 71.2 Å². The largest absolute Gasteiger partial charge is 0.399 e. The summed E-state index contributed by atoms with van der Waals surface area (Å²) in [5.41, 5.74) is 8.43. The van der Waals surface area contributed by atoms with E-state index in [1.54, 1.807) is 6.20 Å². The first-order valence-corrected chi connectivity index (χ1v) is 6.91. The van der Waals surface area contributed by atoms with Gasteiger partial charge in [0.05, 0.1) is 11.6 Å². The average molecular weight is 273 g/mol. The highest BCUT2D eigenvalue weighted by Gasteiger charge is 2.16. The van der Waals surface area contributed by atoms with Gasteiger partial charge in [-0.15, -0.1) is 0 Å². The van der Waals surface area contributed by atoms with Crippen LogP contribution in [-0.2, 0) is 0 Å². The second kappa shape index (κ2) is 5.67. The number of nitrogens with two attached hydrogens (primary N) is 1. The van der Waals surface area contributed by atoms with E-state index in [9.17, 15) is 5.11 Å². The molecular formula is C16H23N3O. The zero-order valence-corrected chi connectivity index (χ0v) is 12.4. The Morgan fingerprint density at radius 3 is 2.75 bits per heavy atom. The Kier molecular flexibility index (Phi) is 4.14. The minimum absolute atomic E-state index is 0.121. The molecule has 1 aromatic heterocycles. The van der Waals surface area contributed by atoms with Crippen molar-refractivity contribution >= 4 is 22.3 Å². The van der Waals surface area contributed by atoms with Crippen molar-refractivity contribution in [1.82, 2.24) is 4.98 Å². The second-order valence-electron chi connectivity index (χ2n) is 6.43. The van der Waals surface area contributed by atoms with Crippen molar-refractivity contribution < 1.29 is 5.11 Å². The highest BCUT2D eigenvalue weighted by molar-refractivity contribution is 5.92. The Balaban J connectivity index is 2.10. The average Bonchev–Trinajstić information content (AvgIpc) is 2.33. The molecule has 108 valence electrons. The van der Waals surface area contributed by atoms with Crippen LogP contribution in [0.2, 0.25) is 0 Å². The predicted molar refractivity (Wildman–Crippen MR) is 84.7 cm³/mol. The Morgan fingerprint density at radius 1 is 1.30 bits per heavy atom. The summed E-state index contributed by atoms with van der Waals surface area (Å²) in [5, 5.41) is 14.4. The molecule has 1 atom stereocenters. The van der Waals surface area contributed by atoms with Gasteiger partial charge in [0.2, 0.25) is 0 Å². The Morgan fingerprint density at radius 2 is 2.05 bits per heavy atom. The number of aliphatic hydroxyl groups is 1. The quantitative estimate of drug-likeness (QED) is 0.749. The van der Waals surface area contributed by atoms with Crippen molar-refractivity contribution in [3.8, 4) is 0 Å². The summed E-state index contributed by atoms with van der Waals surface area (Å²) in [4.78, 5) is 4.31. The molecule has 1 unspecified atom stereocenters. The van der Waals surface area contributed by atoms with Crippen molar-refractivity contribution in [3.63, 3.8) is 0 Å². The maximum Gasteiger partial charge on any atom is 0.0743 e. The highest BCUT2D eigenvalue weighted by Crippen LogP contribution is 2.24. The van der Waals surface area contributed by atoms with Gasteiger partial charge in [-0.25, -0.2) is 0 Å². The molecule has 4 nitrogen and oxygen atoms in total. The highest BCUT2D eigenvalue weighted by atomic mass is 16.3. The van der Waals surface area contributed by atoms with Crippen LogP contribution in [0.4, 0.5) is 11.4 Å². The summed E-state index contributed by atoms with van der Waals surface area (Å²) in [6, 6.07) is 7.59. The van der Waals surface area contributed by atoms with Crippen LogP contribution in [0.15, 0.2) is 30.5 Å². The summed E-state index contributed by atoms with van der Waals surface area (Å²) in [6.45, 7) is 6.91. The number of hydrogen-bond acceptors (Lipinski definition) is 4. The van der Waals surface area contributed by atoms with Gasteiger partial charge >= 0.3 is 0 Å². The summed E-state index contributed by atoms with van der Waals surface area (Å²) in [7, 11) is 0. The SMILES string of the molecule is CC(C)(C)CC(O)CNc1ccnc2cc(N)ccc12. The minimum Gasteiger partial charge on any atom is -0.399 e. The maximum absolute atomic E-state index is 10.1. The van der Waals surface area contributed by atoms with E-state index in [1.165, 1.54) is 0 Å². The van der Waals surface area contributed by atoms with Crippen LogP contribution in [0, 0.1) is 5.41 Å². The standard InChI is InChI=1S/C16H23N3O/c1-16(2,3)9-12(20)10-19-14-6-7-18-15-8-11(17)4-5-13(14)15/h4-8,12,20H,9-10,17H2,1-3H3,(H,18,19). The molecular weight excluding hydrogens is 250 g/mol. The van der Waals surface area contributed by atoms with Crippen LogP contribution >= 0.6 is 0 Å². The maximum atomic E-state index is 10.1. The van der Waals surface area contributed by atoms with Crippen molar-refractivity contribution in [2.75, 3.05) is 17.6 Å². The minimum atomic E-state index is -0.369. The van der Waals surface area contributed by atoms with Gasteiger partial charge in [0.1, 0.15) is 0 Å². The number of nitrogens with zero attached hydrogens (tertiary/aromatic N) is 1. The number of aromatic nitrogens is 1. The van der Waals surface area contributed by atoms with Gasteiger partial charge in [0, 0.05) is 29.5 Å². The lowest BCUT2D eigenvalue weighted by molar-refractivity contribution is 0.132. The van der Waals surface area contributed by atoms with Gasteiger partial charge in [-0.3, -0.25) is 4.98 Å². The fourth-order valence-electron chi connectivity index (χ4n) is 2.33. The zero-order chi connectivity index (χ0) is 14.8. The summed E-state index contributed by atoms with van der Waals surface area (Å²) in [6.07, 6.45) is 2.14. The summed E-state index contributed by atoms with van der Waals surface area (Å²) < 4.78 is 0. The summed E-state index contributed by atoms with van der Waals surface area (Å²) in [5.74, 6) is 0. The lowest BCUT2D eigenvalue weighted by Gasteiger charge is -2.23. The number of pyridine rings is 1. The lowest BCUT2D eigenvalue weighted by atomic mass is 9.89. The van der Waals surface area contributed by atoms with E-state index in [1.807, 2.05) is 24.3 Å². The van der Waals surface area contributed by atoms with Gasteiger partial charge in [-0.2, -0.15) is 0 Å². The number of rotatable bonds is 4. The first-order valence-electron chi connectivity index (χ1n) is 6.91. The molecule has 1 aromatic carbocycles. The molecule has 0 saturated heterocycles. The predicted octanol–water partition coefficient (Wildman–Crippen LogP) is 3.03. The third-order valence-electron chi connectivity index (χ3n) is 3.14. The number of aliphatic hydroxyl groups excluding tert-OH is 1. The van der Waals surface area contributed by atoms with Crippen molar-refractivity contribution in [3.05, 3.63) is 30.5 Å². The third kappa shape index (κ3) is 3.84. The molecule has 4 heteroatoms. The second-order valence-corrected chi connectivity index (χ2v) is 6.43. The molecule has 0 bridgehead atoms. The molecule has 2 aromatic rings. The van der Waals surface area contributed by atoms with Crippen LogP contribution in [0.3, 0.4) is 0 Å². The third-order valence-corrected chi connectivity index (χ3v) is 3.14. The number of anilines is 2. The van der Waals surface area contributed by atoms with Gasteiger partial charge in [-0.05, 0) is 36.1 Å². The van der Waals surface area contributed by atoms with Crippen LogP contribution in [0.5, 0.6) is 0 Å². The van der Waals surface area contributed by atoms with Gasteiger partial charge < -0.3 is 16.2 Å². The Bertz CT molecular complexity index is 590. The molecule has 0 aliphatic rings. The molecule has 0 fully saturated rings. The first kappa shape index (κ1) is 14.6. The van der Waals surface area contributed by atoms with Gasteiger partial charge in [-0.1, -0.05) is 20.8 Å². The zero-order valence-electron chi connectivity index (χ0n) is 12.4. The van der Waals surface area contributed by atoms with Crippen LogP contribution < -0.4 is 11.1 Å². The molecule has 0 saturated carbocycles. The summed E-state index contributed by atoms with van der Waals surface area (Å²) >= 11 is 0.